The third-order valence-corrected chi connectivity index (χ3v) is 9.35. The van der Waals surface area contributed by atoms with Crippen molar-refractivity contribution >= 4 is 26.1 Å². The molecule has 0 N–H and O–H groups in total. The third kappa shape index (κ3) is 5.69. The van der Waals surface area contributed by atoms with Gasteiger partial charge in [0, 0.05) is 18.3 Å². The topological polar surface area (TPSA) is 98.1 Å². The zero-order valence-corrected chi connectivity index (χ0v) is 24.7. The fraction of sp³-hybridized carbons (Fsp3) is 0.690. The number of unbranched alkanes of at least 4 members (excludes halogenated alkanes) is 2. The van der Waals surface area contributed by atoms with E-state index in [2.05, 4.69) is 6.07 Å². The van der Waals surface area contributed by atoms with Crippen LogP contribution in [0.4, 0.5) is 0 Å². The molecule has 2 fully saturated rings. The molecule has 0 radical (unpaired) electrons. The van der Waals surface area contributed by atoms with Gasteiger partial charge in [-0.3, -0.25) is 14.5 Å². The highest BCUT2D eigenvalue weighted by molar-refractivity contribution is 6.53. The fourth-order valence-electron chi connectivity index (χ4n) is 5.44. The molecule has 8 nitrogen and oxygen atoms in total. The van der Waals surface area contributed by atoms with Gasteiger partial charge in [0.1, 0.15) is 0 Å². The van der Waals surface area contributed by atoms with E-state index < -0.39 is 36.6 Å². The van der Waals surface area contributed by atoms with Crippen molar-refractivity contribution in [1.82, 2.24) is 4.90 Å². The van der Waals surface area contributed by atoms with Crippen LogP contribution in [0.15, 0.2) is 24.3 Å². The van der Waals surface area contributed by atoms with E-state index in [0.29, 0.717) is 36.8 Å². The van der Waals surface area contributed by atoms with Gasteiger partial charge in [-0.05, 0) is 86.7 Å². The number of fused-ring (bicyclic) bond motifs is 1. The molecule has 2 atom stereocenters. The molecule has 0 bridgehead atoms. The van der Waals surface area contributed by atoms with Crippen LogP contribution in [0.5, 0.6) is 0 Å². The Morgan fingerprint density at radius 2 is 1.28 bits per heavy atom. The van der Waals surface area contributed by atoms with Crippen molar-refractivity contribution in [2.45, 2.75) is 116 Å². The second-order valence-corrected chi connectivity index (χ2v) is 13.1. The molecule has 0 spiro atoms. The van der Waals surface area contributed by atoms with Crippen LogP contribution in [-0.2, 0) is 18.6 Å². The lowest BCUT2D eigenvalue weighted by atomic mass is 9.55. The molecule has 0 saturated carbocycles. The van der Waals surface area contributed by atoms with Crippen molar-refractivity contribution in [1.29, 1.82) is 5.26 Å². The monoisotopic (exact) mass is 536 g/mol. The van der Waals surface area contributed by atoms with Crippen molar-refractivity contribution in [3.05, 3.63) is 35.4 Å². The van der Waals surface area contributed by atoms with Gasteiger partial charge in [-0.2, -0.15) is 5.26 Å². The van der Waals surface area contributed by atoms with Crippen molar-refractivity contribution < 1.29 is 28.2 Å². The van der Waals surface area contributed by atoms with Gasteiger partial charge in [-0.25, -0.2) is 0 Å². The maximum Gasteiger partial charge on any atom is 0.461 e. The van der Waals surface area contributed by atoms with E-state index in [1.54, 1.807) is 24.3 Å². The molecule has 3 heterocycles. The SMILES string of the molecule is CC1(C)OB(CC(B2OC(C)(C)C(C)(C)O2)C(C#N)CCCCCN2C(=O)c3ccccc3C2=O)OC1(C)C. The van der Waals surface area contributed by atoms with E-state index in [9.17, 15) is 14.9 Å². The summed E-state index contributed by atoms with van der Waals surface area (Å²) < 4.78 is 25.4. The Morgan fingerprint density at radius 3 is 1.77 bits per heavy atom. The average molecular weight is 536 g/mol. The standard InChI is InChI=1S/C29H42B2N2O6/c1-26(2)27(3,4)37-30(36-26)18-23(31-38-28(5,6)29(7,8)39-31)20(19-32)14-10-9-13-17-33-24(34)21-15-11-12-16-22(21)25(33)35/h11-12,15-16,20,23H,9-10,13-14,17-18H2,1-8H3. The highest BCUT2D eigenvalue weighted by atomic mass is 16.7. The number of rotatable bonds is 10. The quantitative estimate of drug-likeness (QED) is 0.220. The Balaban J connectivity index is 1.38. The van der Waals surface area contributed by atoms with E-state index in [1.807, 2.05) is 55.4 Å². The lowest BCUT2D eigenvalue weighted by Crippen LogP contribution is -2.41. The molecule has 2 unspecified atom stereocenters. The molecule has 0 aliphatic carbocycles. The van der Waals surface area contributed by atoms with Crippen molar-refractivity contribution in [2.75, 3.05) is 6.54 Å². The Labute approximate surface area is 234 Å². The van der Waals surface area contributed by atoms with Gasteiger partial charge < -0.3 is 18.6 Å². The first kappa shape index (κ1) is 29.8. The van der Waals surface area contributed by atoms with Crippen LogP contribution in [0.25, 0.3) is 0 Å². The highest BCUT2D eigenvalue weighted by Crippen LogP contribution is 2.47. The number of hydrogen-bond donors (Lipinski definition) is 0. The smallest absolute Gasteiger partial charge is 0.403 e. The molecule has 39 heavy (non-hydrogen) atoms. The third-order valence-electron chi connectivity index (χ3n) is 9.35. The Morgan fingerprint density at radius 1 is 0.795 bits per heavy atom. The largest absolute Gasteiger partial charge is 0.461 e. The fourth-order valence-corrected chi connectivity index (χ4v) is 5.44. The minimum atomic E-state index is -0.558. The highest BCUT2D eigenvalue weighted by Gasteiger charge is 2.58. The van der Waals surface area contributed by atoms with E-state index in [0.717, 1.165) is 12.8 Å². The summed E-state index contributed by atoms with van der Waals surface area (Å²) >= 11 is 0. The number of benzene rings is 1. The van der Waals surface area contributed by atoms with Crippen molar-refractivity contribution in [3.8, 4) is 6.07 Å². The van der Waals surface area contributed by atoms with Gasteiger partial charge in [0.25, 0.3) is 11.8 Å². The second-order valence-electron chi connectivity index (χ2n) is 13.1. The molecule has 1 aromatic carbocycles. The van der Waals surface area contributed by atoms with Crippen LogP contribution in [0.3, 0.4) is 0 Å². The molecule has 4 rings (SSSR count). The Kier molecular flexibility index (Phi) is 8.15. The first-order chi connectivity index (χ1) is 18.1. The normalized spacial score (nSPS) is 24.1. The summed E-state index contributed by atoms with van der Waals surface area (Å²) in [5.74, 6) is -1.04. The van der Waals surface area contributed by atoms with E-state index in [1.165, 1.54) is 4.90 Å². The molecule has 210 valence electrons. The van der Waals surface area contributed by atoms with Crippen LogP contribution in [0.2, 0.25) is 12.1 Å². The Hall–Kier alpha value is -2.18. The first-order valence-electron chi connectivity index (χ1n) is 14.2. The number of hydrogen-bond acceptors (Lipinski definition) is 7. The number of nitrogens with zero attached hydrogens (tertiary/aromatic N) is 2. The summed E-state index contributed by atoms with van der Waals surface area (Å²) in [6.07, 6.45) is 3.38. The van der Waals surface area contributed by atoms with E-state index in [4.69, 9.17) is 18.6 Å². The van der Waals surface area contributed by atoms with Gasteiger partial charge in [-0.15, -0.1) is 0 Å². The average Bonchev–Trinajstić information content (AvgIpc) is 3.31. The van der Waals surface area contributed by atoms with E-state index >= 15 is 0 Å². The lowest BCUT2D eigenvalue weighted by molar-refractivity contribution is 0.00578. The number of nitriles is 1. The molecule has 0 aromatic heterocycles. The lowest BCUT2D eigenvalue weighted by Gasteiger charge is -2.32. The van der Waals surface area contributed by atoms with Gasteiger partial charge >= 0.3 is 14.2 Å². The van der Waals surface area contributed by atoms with Crippen LogP contribution in [-0.4, -0.2) is 59.9 Å². The molecule has 3 aliphatic rings. The summed E-state index contributed by atoms with van der Waals surface area (Å²) in [6, 6.07) is 9.46. The predicted octanol–water partition coefficient (Wildman–Crippen LogP) is 5.54. The molecule has 2 saturated heterocycles. The summed E-state index contributed by atoms with van der Waals surface area (Å²) in [4.78, 5) is 26.6. The number of carbonyl (C=O) groups is 2. The minimum absolute atomic E-state index is 0.228. The van der Waals surface area contributed by atoms with Crippen LogP contribution in [0.1, 0.15) is 102 Å². The van der Waals surface area contributed by atoms with Gasteiger partial charge in [0.2, 0.25) is 0 Å². The minimum Gasteiger partial charge on any atom is -0.403 e. The predicted molar refractivity (Wildman–Crippen MR) is 150 cm³/mol. The number of amides is 2. The van der Waals surface area contributed by atoms with Crippen LogP contribution in [0, 0.1) is 17.2 Å². The summed E-state index contributed by atoms with van der Waals surface area (Å²) in [7, 11) is -1.03. The van der Waals surface area contributed by atoms with Crippen molar-refractivity contribution in [3.63, 3.8) is 0 Å². The van der Waals surface area contributed by atoms with Gasteiger partial charge in [-0.1, -0.05) is 25.0 Å². The Bertz CT molecular complexity index is 1080. The molecule has 2 amide bonds. The number of imide groups is 1. The summed E-state index contributed by atoms with van der Waals surface area (Å²) in [5, 5.41) is 10.3. The summed E-state index contributed by atoms with van der Waals surface area (Å²) in [6.45, 7) is 16.5. The maximum atomic E-state index is 12.6. The second kappa shape index (κ2) is 10.7. The van der Waals surface area contributed by atoms with Gasteiger partial charge in [0.15, 0.2) is 0 Å². The molecular weight excluding hydrogens is 494 g/mol. The molecule has 3 aliphatic heterocycles. The molecule has 10 heteroatoms. The first-order valence-corrected chi connectivity index (χ1v) is 14.2. The molecular formula is C29H42B2N2O6. The molecule has 1 aromatic rings. The zero-order valence-electron chi connectivity index (χ0n) is 24.7. The van der Waals surface area contributed by atoms with Crippen LogP contribution < -0.4 is 0 Å². The van der Waals surface area contributed by atoms with Gasteiger partial charge in [0.05, 0.1) is 39.6 Å². The van der Waals surface area contributed by atoms with Crippen LogP contribution >= 0.6 is 0 Å². The number of carbonyl (C=O) groups excluding carboxylic acids is 2. The van der Waals surface area contributed by atoms with E-state index in [-0.39, 0.29) is 23.5 Å². The maximum absolute atomic E-state index is 12.6. The zero-order chi connectivity index (χ0) is 28.8. The van der Waals surface area contributed by atoms with Crippen molar-refractivity contribution in [2.24, 2.45) is 5.92 Å². The summed E-state index contributed by atoms with van der Waals surface area (Å²) in [5.41, 5.74) is -1.02.